The van der Waals surface area contributed by atoms with E-state index in [9.17, 15) is 4.79 Å². The van der Waals surface area contributed by atoms with Crippen molar-refractivity contribution in [1.29, 1.82) is 5.26 Å². The van der Waals surface area contributed by atoms with Gasteiger partial charge in [-0.1, -0.05) is 17.7 Å². The van der Waals surface area contributed by atoms with E-state index < -0.39 is 11.6 Å². The molecule has 1 heterocycles. The molecule has 1 aromatic rings. The monoisotopic (exact) mass is 201 g/mol. The third-order valence-electron chi connectivity index (χ3n) is 2.56. The van der Waals surface area contributed by atoms with E-state index >= 15 is 0 Å². The second-order valence-electron chi connectivity index (χ2n) is 4.07. The summed E-state index contributed by atoms with van der Waals surface area (Å²) >= 11 is 0. The summed E-state index contributed by atoms with van der Waals surface area (Å²) in [5, 5.41) is 8.94. The van der Waals surface area contributed by atoms with Crippen LogP contribution in [0.4, 0.5) is 0 Å². The van der Waals surface area contributed by atoms with Crippen molar-refractivity contribution in [3.8, 4) is 6.07 Å². The highest BCUT2D eigenvalue weighted by molar-refractivity contribution is 5.92. The van der Waals surface area contributed by atoms with Gasteiger partial charge in [0, 0.05) is 6.42 Å². The van der Waals surface area contributed by atoms with Gasteiger partial charge >= 0.3 is 5.97 Å². The Hall–Kier alpha value is -1.82. The van der Waals surface area contributed by atoms with Crippen LogP contribution in [0.25, 0.3) is 0 Å². The summed E-state index contributed by atoms with van der Waals surface area (Å²) in [7, 11) is 0. The molecule has 76 valence electrons. The van der Waals surface area contributed by atoms with E-state index in [-0.39, 0.29) is 0 Å². The largest absolute Gasteiger partial charge is 0.440 e. The number of ether oxygens (including phenoxy) is 1. The van der Waals surface area contributed by atoms with Crippen LogP contribution >= 0.6 is 0 Å². The molecule has 0 bridgehead atoms. The van der Waals surface area contributed by atoms with Gasteiger partial charge in [-0.3, -0.25) is 0 Å². The first-order valence-electron chi connectivity index (χ1n) is 4.78. The van der Waals surface area contributed by atoms with Crippen molar-refractivity contribution in [3.05, 3.63) is 34.9 Å². The molecule has 0 amide bonds. The van der Waals surface area contributed by atoms with Crippen LogP contribution in [0.3, 0.4) is 0 Å². The Morgan fingerprint density at radius 2 is 2.27 bits per heavy atom. The number of nitrogens with zero attached hydrogens (tertiary/aromatic N) is 1. The first-order chi connectivity index (χ1) is 7.04. The highest BCUT2D eigenvalue weighted by Crippen LogP contribution is 2.28. The smallest absolute Gasteiger partial charge is 0.340 e. The summed E-state index contributed by atoms with van der Waals surface area (Å²) < 4.78 is 5.09. The molecular weight excluding hydrogens is 190 g/mol. The summed E-state index contributed by atoms with van der Waals surface area (Å²) in [6, 6.07) is 7.59. The zero-order chi connectivity index (χ0) is 11.1. The van der Waals surface area contributed by atoms with Crippen LogP contribution in [0.5, 0.6) is 0 Å². The molecule has 0 N–H and O–H groups in total. The lowest BCUT2D eigenvalue weighted by atomic mass is 9.90. The Bertz CT molecular complexity index is 473. The maximum Gasteiger partial charge on any atom is 0.340 e. The van der Waals surface area contributed by atoms with Crippen molar-refractivity contribution in [2.24, 2.45) is 0 Å². The maximum atomic E-state index is 11.6. The number of esters is 1. The lowest BCUT2D eigenvalue weighted by Crippen LogP contribution is -2.37. The fourth-order valence-electron chi connectivity index (χ4n) is 1.79. The molecule has 1 atom stereocenters. The lowest BCUT2D eigenvalue weighted by molar-refractivity contribution is 0.00850. The van der Waals surface area contributed by atoms with Gasteiger partial charge in [0.15, 0.2) is 5.60 Å². The molecule has 3 nitrogen and oxygen atoms in total. The average molecular weight is 201 g/mol. The summed E-state index contributed by atoms with van der Waals surface area (Å²) in [5.74, 6) is -0.403. The molecule has 1 aliphatic rings. The summed E-state index contributed by atoms with van der Waals surface area (Å²) in [6.45, 7) is 3.60. The highest BCUT2D eigenvalue weighted by atomic mass is 16.6. The molecule has 0 spiro atoms. The third kappa shape index (κ3) is 1.59. The number of aryl methyl sites for hydroxylation is 1. The van der Waals surface area contributed by atoms with Gasteiger partial charge in [-0.2, -0.15) is 5.26 Å². The number of rotatable bonds is 0. The second kappa shape index (κ2) is 3.09. The van der Waals surface area contributed by atoms with E-state index in [1.165, 1.54) is 0 Å². The molecule has 0 saturated carbocycles. The van der Waals surface area contributed by atoms with Gasteiger partial charge in [-0.05, 0) is 25.5 Å². The Balaban J connectivity index is 2.52. The van der Waals surface area contributed by atoms with Crippen molar-refractivity contribution in [1.82, 2.24) is 0 Å². The van der Waals surface area contributed by atoms with Gasteiger partial charge in [0.05, 0.1) is 5.56 Å². The van der Waals surface area contributed by atoms with Gasteiger partial charge in [0.25, 0.3) is 0 Å². The molecule has 1 aliphatic heterocycles. The maximum absolute atomic E-state index is 11.6. The molecule has 1 unspecified atom stereocenters. The van der Waals surface area contributed by atoms with E-state index in [0.717, 1.165) is 11.1 Å². The first kappa shape index (κ1) is 9.72. The van der Waals surface area contributed by atoms with E-state index in [0.29, 0.717) is 12.0 Å². The summed E-state index contributed by atoms with van der Waals surface area (Å²) in [4.78, 5) is 11.6. The van der Waals surface area contributed by atoms with Crippen LogP contribution in [-0.2, 0) is 11.2 Å². The second-order valence-corrected chi connectivity index (χ2v) is 4.07. The minimum absolute atomic E-state index is 0.403. The van der Waals surface area contributed by atoms with Crippen LogP contribution in [0.15, 0.2) is 18.2 Å². The van der Waals surface area contributed by atoms with Crippen LogP contribution in [0.2, 0.25) is 0 Å². The number of nitriles is 1. The van der Waals surface area contributed by atoms with Crippen molar-refractivity contribution in [2.75, 3.05) is 0 Å². The number of carbonyl (C=O) groups is 1. The predicted octanol–water partition coefficient (Wildman–Crippen LogP) is 1.99. The quantitative estimate of drug-likeness (QED) is 0.603. The molecule has 1 aromatic carbocycles. The zero-order valence-corrected chi connectivity index (χ0v) is 8.70. The zero-order valence-electron chi connectivity index (χ0n) is 8.70. The molecule has 3 heteroatoms. The highest BCUT2D eigenvalue weighted by Gasteiger charge is 2.36. The normalized spacial score (nSPS) is 23.9. The van der Waals surface area contributed by atoms with Gasteiger partial charge in [0.1, 0.15) is 6.07 Å². The predicted molar refractivity (Wildman–Crippen MR) is 54.3 cm³/mol. The van der Waals surface area contributed by atoms with E-state index in [2.05, 4.69) is 0 Å². The number of benzene rings is 1. The standard InChI is InChI=1S/C12H11NO2/c1-8-3-4-10-9(5-8)6-12(2,7-13)15-11(10)14/h3-5H,6H2,1-2H3. The summed E-state index contributed by atoms with van der Waals surface area (Å²) in [6.07, 6.45) is 0.465. The number of carbonyl (C=O) groups excluding carboxylic acids is 1. The Kier molecular flexibility index (Phi) is 2.01. The van der Waals surface area contributed by atoms with E-state index in [1.807, 2.05) is 25.1 Å². The Morgan fingerprint density at radius 1 is 1.53 bits per heavy atom. The average Bonchev–Trinajstić information content (AvgIpc) is 2.16. The van der Waals surface area contributed by atoms with Gasteiger partial charge in [-0.15, -0.1) is 0 Å². The molecule has 2 rings (SSSR count). The van der Waals surface area contributed by atoms with Crippen LogP contribution in [-0.4, -0.2) is 11.6 Å². The Morgan fingerprint density at radius 3 is 2.93 bits per heavy atom. The number of hydrogen-bond donors (Lipinski definition) is 0. The molecular formula is C12H11NO2. The van der Waals surface area contributed by atoms with Crippen LogP contribution in [0, 0.1) is 18.3 Å². The minimum Gasteiger partial charge on any atom is -0.440 e. The van der Waals surface area contributed by atoms with E-state index in [4.69, 9.17) is 10.00 Å². The van der Waals surface area contributed by atoms with Crippen LogP contribution < -0.4 is 0 Å². The molecule has 0 aromatic heterocycles. The van der Waals surface area contributed by atoms with Gasteiger partial charge in [0.2, 0.25) is 0 Å². The van der Waals surface area contributed by atoms with E-state index in [1.54, 1.807) is 13.0 Å². The number of fused-ring (bicyclic) bond motifs is 1. The van der Waals surface area contributed by atoms with Crippen molar-refractivity contribution in [3.63, 3.8) is 0 Å². The minimum atomic E-state index is -1.02. The SMILES string of the molecule is Cc1ccc2c(c1)CC(C)(C#N)OC2=O. The number of cyclic esters (lactones) is 1. The lowest BCUT2D eigenvalue weighted by Gasteiger charge is -2.28. The van der Waals surface area contributed by atoms with Crippen molar-refractivity contribution < 1.29 is 9.53 Å². The van der Waals surface area contributed by atoms with Gasteiger partial charge in [-0.25, -0.2) is 4.79 Å². The van der Waals surface area contributed by atoms with Crippen LogP contribution in [0.1, 0.15) is 28.4 Å². The molecule has 0 saturated heterocycles. The van der Waals surface area contributed by atoms with Crippen molar-refractivity contribution >= 4 is 5.97 Å². The van der Waals surface area contributed by atoms with Gasteiger partial charge < -0.3 is 4.74 Å². The fourth-order valence-corrected chi connectivity index (χ4v) is 1.79. The molecule has 15 heavy (non-hydrogen) atoms. The molecule has 0 aliphatic carbocycles. The fraction of sp³-hybridized carbons (Fsp3) is 0.333. The topological polar surface area (TPSA) is 50.1 Å². The van der Waals surface area contributed by atoms with Crippen molar-refractivity contribution in [2.45, 2.75) is 25.9 Å². The summed E-state index contributed by atoms with van der Waals surface area (Å²) in [5.41, 5.74) is 1.55. The first-order valence-corrected chi connectivity index (χ1v) is 4.78. The molecule has 0 fully saturated rings. The Labute approximate surface area is 88.3 Å². The molecule has 0 radical (unpaired) electrons. The third-order valence-corrected chi connectivity index (χ3v) is 2.56. The number of hydrogen-bond acceptors (Lipinski definition) is 3.